The first-order valence-corrected chi connectivity index (χ1v) is 10.5. The van der Waals surface area contributed by atoms with Gasteiger partial charge in [-0.3, -0.25) is 0 Å². The van der Waals surface area contributed by atoms with Crippen LogP contribution in [0.25, 0.3) is 0 Å². The van der Waals surface area contributed by atoms with Gasteiger partial charge in [0.05, 0.1) is 18.8 Å². The molecular weight excluding hydrogens is 366 g/mol. The van der Waals surface area contributed by atoms with Gasteiger partial charge in [-0.05, 0) is 38.9 Å². The summed E-state index contributed by atoms with van der Waals surface area (Å²) < 4.78 is 5.62. The fourth-order valence-electron chi connectivity index (χ4n) is 3.28. The van der Waals surface area contributed by atoms with E-state index < -0.39 is 0 Å². The Morgan fingerprint density at radius 2 is 1.93 bits per heavy atom. The fraction of sp³-hybridized carbons (Fsp3) is 0.571. The van der Waals surface area contributed by atoms with Gasteiger partial charge in [0.25, 0.3) is 0 Å². The minimum atomic E-state index is 0.501. The van der Waals surface area contributed by atoms with Crippen molar-refractivity contribution in [2.24, 2.45) is 4.99 Å². The molecule has 0 amide bonds. The van der Waals surface area contributed by atoms with Gasteiger partial charge in [-0.1, -0.05) is 13.0 Å². The summed E-state index contributed by atoms with van der Waals surface area (Å²) in [5, 5.41) is 6.52. The highest BCUT2D eigenvalue weighted by Crippen LogP contribution is 2.14. The Kier molecular flexibility index (Phi) is 7.46. The highest BCUT2D eigenvalue weighted by molar-refractivity contribution is 5.79. The predicted molar refractivity (Wildman–Crippen MR) is 116 cm³/mol. The van der Waals surface area contributed by atoms with Crippen LogP contribution in [0.1, 0.15) is 36.8 Å². The second-order valence-electron chi connectivity index (χ2n) is 7.24. The third-order valence-corrected chi connectivity index (χ3v) is 5.20. The van der Waals surface area contributed by atoms with E-state index >= 15 is 0 Å². The summed E-state index contributed by atoms with van der Waals surface area (Å²) in [4.78, 5) is 18.5. The number of pyridine rings is 1. The maximum absolute atomic E-state index is 5.62. The molecule has 2 aromatic rings. The number of hydrogen-bond acceptors (Lipinski definition) is 6. The van der Waals surface area contributed by atoms with Crippen LogP contribution in [0.4, 0.5) is 5.82 Å². The molecule has 1 aliphatic heterocycles. The number of rotatable bonds is 7. The molecule has 8 nitrogen and oxygen atoms in total. The van der Waals surface area contributed by atoms with E-state index in [-0.39, 0.29) is 0 Å². The molecule has 29 heavy (non-hydrogen) atoms. The Bertz CT molecular complexity index is 772. The predicted octanol–water partition coefficient (Wildman–Crippen LogP) is 2.08. The molecule has 3 heterocycles. The molecule has 1 saturated heterocycles. The summed E-state index contributed by atoms with van der Waals surface area (Å²) in [5.74, 6) is 3.31. The van der Waals surface area contributed by atoms with Gasteiger partial charge in [-0.15, -0.1) is 0 Å². The zero-order valence-corrected chi connectivity index (χ0v) is 18.0. The highest BCUT2D eigenvalue weighted by atomic mass is 16.4. The van der Waals surface area contributed by atoms with E-state index in [4.69, 9.17) is 4.42 Å². The Labute approximate surface area is 173 Å². The molecule has 1 aliphatic rings. The summed E-state index contributed by atoms with van der Waals surface area (Å²) in [6.07, 6.45) is 1.93. The van der Waals surface area contributed by atoms with Crippen molar-refractivity contribution >= 4 is 11.8 Å². The number of hydrogen-bond donors (Lipinski definition) is 2. The Morgan fingerprint density at radius 3 is 2.52 bits per heavy atom. The lowest BCUT2D eigenvalue weighted by atomic mass is 10.2. The van der Waals surface area contributed by atoms with Gasteiger partial charge in [0.15, 0.2) is 5.96 Å². The number of nitrogens with zero attached hydrogens (tertiary/aromatic N) is 5. The van der Waals surface area contributed by atoms with Gasteiger partial charge < -0.3 is 24.9 Å². The first kappa shape index (κ1) is 21.1. The van der Waals surface area contributed by atoms with Crippen molar-refractivity contribution in [3.05, 3.63) is 41.2 Å². The first-order chi connectivity index (χ1) is 14.1. The van der Waals surface area contributed by atoms with E-state index in [2.05, 4.69) is 54.5 Å². The maximum Gasteiger partial charge on any atom is 0.214 e. The monoisotopic (exact) mass is 399 g/mol. The van der Waals surface area contributed by atoms with Crippen LogP contribution in [0.15, 0.2) is 27.7 Å². The number of anilines is 1. The lowest BCUT2D eigenvalue weighted by Gasteiger charge is -2.34. The molecular formula is C21H33N7O. The number of nitrogens with one attached hydrogen (secondary N) is 2. The Hall–Kier alpha value is -2.61. The van der Waals surface area contributed by atoms with Crippen molar-refractivity contribution < 1.29 is 4.42 Å². The maximum atomic E-state index is 5.62. The van der Waals surface area contributed by atoms with E-state index in [9.17, 15) is 0 Å². The van der Waals surface area contributed by atoms with Crippen LogP contribution in [-0.2, 0) is 13.1 Å². The quantitative estimate of drug-likeness (QED) is 0.545. The molecule has 8 heteroatoms. The molecule has 0 saturated carbocycles. The summed E-state index contributed by atoms with van der Waals surface area (Å²) in [7, 11) is 0. The standard InChI is InChI=1S/C21H33N7O/c1-5-22-21(25-15-20-26-16(3)17(4)29-20)24-14-18-7-8-19(23-13-18)28-11-9-27(6-2)10-12-28/h7-8,13H,5-6,9-12,14-15H2,1-4H3,(H2,22,24,25). The summed E-state index contributed by atoms with van der Waals surface area (Å²) in [6.45, 7) is 15.4. The largest absolute Gasteiger partial charge is 0.444 e. The molecule has 0 aromatic carbocycles. The number of aliphatic imine (C=N–C) groups is 1. The van der Waals surface area contributed by atoms with Gasteiger partial charge in [0.1, 0.15) is 11.6 Å². The second-order valence-corrected chi connectivity index (χ2v) is 7.24. The third-order valence-electron chi connectivity index (χ3n) is 5.20. The van der Waals surface area contributed by atoms with Gasteiger partial charge in [0, 0.05) is 38.9 Å². The number of oxazole rings is 1. The van der Waals surface area contributed by atoms with Crippen molar-refractivity contribution in [2.45, 2.75) is 40.8 Å². The number of likely N-dealkylation sites (N-methyl/N-ethyl adjacent to an activating group) is 1. The molecule has 1 fully saturated rings. The SMILES string of the molecule is CCNC(=NCc1ccc(N2CCN(CC)CC2)nc1)NCc1nc(C)c(C)o1. The molecule has 2 aromatic heterocycles. The molecule has 158 valence electrons. The van der Waals surface area contributed by atoms with E-state index in [0.29, 0.717) is 19.0 Å². The normalized spacial score (nSPS) is 15.6. The van der Waals surface area contributed by atoms with Crippen LogP contribution < -0.4 is 15.5 Å². The van der Waals surface area contributed by atoms with Crippen LogP contribution in [0.3, 0.4) is 0 Å². The zero-order valence-electron chi connectivity index (χ0n) is 18.0. The number of aromatic nitrogens is 2. The molecule has 0 unspecified atom stereocenters. The van der Waals surface area contributed by atoms with Gasteiger partial charge in [-0.25, -0.2) is 15.0 Å². The molecule has 0 aliphatic carbocycles. The van der Waals surface area contributed by atoms with Gasteiger partial charge in [-0.2, -0.15) is 0 Å². The molecule has 0 spiro atoms. The van der Waals surface area contributed by atoms with E-state index in [1.54, 1.807) is 0 Å². The first-order valence-electron chi connectivity index (χ1n) is 10.5. The van der Waals surface area contributed by atoms with Crippen LogP contribution in [-0.4, -0.2) is 60.1 Å². The van der Waals surface area contributed by atoms with E-state index in [1.165, 1.54) is 0 Å². The van der Waals surface area contributed by atoms with Gasteiger partial charge in [0.2, 0.25) is 5.89 Å². The lowest BCUT2D eigenvalue weighted by Crippen LogP contribution is -2.46. The fourth-order valence-corrected chi connectivity index (χ4v) is 3.28. The van der Waals surface area contributed by atoms with Crippen molar-refractivity contribution in [2.75, 3.05) is 44.2 Å². The molecule has 0 radical (unpaired) electrons. The summed E-state index contributed by atoms with van der Waals surface area (Å²) >= 11 is 0. The topological polar surface area (TPSA) is 81.8 Å². The number of guanidine groups is 1. The van der Waals surface area contributed by atoms with Crippen molar-refractivity contribution in [1.82, 2.24) is 25.5 Å². The lowest BCUT2D eigenvalue weighted by molar-refractivity contribution is 0.270. The summed E-state index contributed by atoms with van der Waals surface area (Å²) in [5.41, 5.74) is 2.01. The van der Waals surface area contributed by atoms with Crippen LogP contribution >= 0.6 is 0 Å². The van der Waals surface area contributed by atoms with Crippen LogP contribution in [0.2, 0.25) is 0 Å². The average molecular weight is 400 g/mol. The molecule has 3 rings (SSSR count). The van der Waals surface area contributed by atoms with Crippen molar-refractivity contribution in [1.29, 1.82) is 0 Å². The minimum Gasteiger partial charge on any atom is -0.444 e. The molecule has 2 N–H and O–H groups in total. The van der Waals surface area contributed by atoms with Crippen molar-refractivity contribution in [3.63, 3.8) is 0 Å². The second kappa shape index (κ2) is 10.2. The highest BCUT2D eigenvalue weighted by Gasteiger charge is 2.16. The van der Waals surface area contributed by atoms with E-state index in [0.717, 1.165) is 68.1 Å². The van der Waals surface area contributed by atoms with E-state index in [1.807, 2.05) is 27.0 Å². The van der Waals surface area contributed by atoms with Crippen molar-refractivity contribution in [3.8, 4) is 0 Å². The molecule has 0 atom stereocenters. The Balaban J connectivity index is 1.54. The zero-order chi connectivity index (χ0) is 20.6. The van der Waals surface area contributed by atoms with Crippen LogP contribution in [0.5, 0.6) is 0 Å². The Morgan fingerprint density at radius 1 is 1.14 bits per heavy atom. The average Bonchev–Trinajstić information content (AvgIpc) is 3.08. The van der Waals surface area contributed by atoms with Gasteiger partial charge >= 0.3 is 0 Å². The molecule has 0 bridgehead atoms. The number of aryl methyl sites for hydroxylation is 2. The third kappa shape index (κ3) is 5.93. The number of piperazine rings is 1. The van der Waals surface area contributed by atoms with Crippen LogP contribution in [0, 0.1) is 13.8 Å². The summed E-state index contributed by atoms with van der Waals surface area (Å²) in [6, 6.07) is 4.22. The smallest absolute Gasteiger partial charge is 0.214 e. The minimum absolute atomic E-state index is 0.501.